The molecular formula is C8H9O3-. The van der Waals surface area contributed by atoms with Crippen LogP contribution in [0.15, 0.2) is 12.2 Å². The lowest BCUT2D eigenvalue weighted by molar-refractivity contribution is -0.326. The minimum atomic E-state index is -1.57. The number of carbonyl (C=O) groups excluding carboxylic acids is 1. The van der Waals surface area contributed by atoms with E-state index in [1.165, 1.54) is 0 Å². The second-order valence-electron chi connectivity index (χ2n) is 3.40. The van der Waals surface area contributed by atoms with Gasteiger partial charge in [0.25, 0.3) is 0 Å². The van der Waals surface area contributed by atoms with E-state index in [2.05, 4.69) is 0 Å². The summed E-state index contributed by atoms with van der Waals surface area (Å²) in [6.45, 7) is 0. The maximum atomic E-state index is 10.5. The van der Waals surface area contributed by atoms with Gasteiger partial charge in [0.15, 0.2) is 0 Å². The van der Waals surface area contributed by atoms with Gasteiger partial charge in [0.2, 0.25) is 0 Å². The highest BCUT2D eigenvalue weighted by atomic mass is 16.4. The Balaban J connectivity index is 2.30. The van der Waals surface area contributed by atoms with E-state index < -0.39 is 11.6 Å². The Kier molecular flexibility index (Phi) is 1.16. The fraction of sp³-hybridized carbons (Fsp3) is 0.625. The van der Waals surface area contributed by atoms with Gasteiger partial charge in [-0.05, 0) is 18.8 Å². The number of allylic oxidation sites excluding steroid dienone is 1. The molecule has 0 aromatic heterocycles. The lowest BCUT2D eigenvalue weighted by Crippen LogP contribution is -2.51. The fourth-order valence-electron chi connectivity index (χ4n) is 2.07. The van der Waals surface area contributed by atoms with E-state index in [9.17, 15) is 15.0 Å². The number of carboxylic acids is 1. The quantitative estimate of drug-likeness (QED) is 0.495. The van der Waals surface area contributed by atoms with Crippen LogP contribution in [0.1, 0.15) is 12.8 Å². The Morgan fingerprint density at radius 3 is 2.64 bits per heavy atom. The molecule has 3 heteroatoms. The molecule has 2 rings (SSSR count). The molecule has 0 saturated heterocycles. The Hall–Kier alpha value is -0.830. The number of fused-ring (bicyclic) bond motifs is 2. The van der Waals surface area contributed by atoms with Crippen molar-refractivity contribution in [2.45, 2.75) is 18.4 Å². The average molecular weight is 153 g/mol. The number of carbonyl (C=O) groups is 1. The van der Waals surface area contributed by atoms with Gasteiger partial charge in [-0.1, -0.05) is 12.2 Å². The number of hydrogen-bond acceptors (Lipinski definition) is 3. The summed E-state index contributed by atoms with van der Waals surface area (Å²) >= 11 is 0. The van der Waals surface area contributed by atoms with Crippen LogP contribution >= 0.6 is 0 Å². The molecule has 1 fully saturated rings. The van der Waals surface area contributed by atoms with Crippen molar-refractivity contribution in [1.29, 1.82) is 0 Å². The first-order valence-electron chi connectivity index (χ1n) is 3.75. The van der Waals surface area contributed by atoms with Crippen molar-refractivity contribution in [3.8, 4) is 0 Å². The molecule has 0 aliphatic heterocycles. The van der Waals surface area contributed by atoms with Gasteiger partial charge < -0.3 is 15.0 Å². The maximum Gasteiger partial charge on any atom is 0.111 e. The summed E-state index contributed by atoms with van der Waals surface area (Å²) in [5.41, 5.74) is -1.57. The standard InChI is InChI=1S/C8H10O3/c9-7(10)8(11)4-5-1-2-6(8)3-5/h1-2,5-6,11H,3-4H2,(H,9,10)/p-1/t5-,6+,8-/m1/s1. The van der Waals surface area contributed by atoms with Gasteiger partial charge in [0.1, 0.15) is 5.60 Å². The molecular weight excluding hydrogens is 144 g/mol. The van der Waals surface area contributed by atoms with E-state index in [-0.39, 0.29) is 11.8 Å². The first kappa shape index (κ1) is 6.85. The SMILES string of the molecule is O=C([O-])[C@@]1(O)C[C@@H]2C=C[C@H]1C2. The first-order chi connectivity index (χ1) is 5.13. The largest absolute Gasteiger partial charge is 0.547 e. The smallest absolute Gasteiger partial charge is 0.111 e. The molecule has 0 aromatic carbocycles. The minimum Gasteiger partial charge on any atom is -0.547 e. The Bertz CT molecular complexity index is 233. The summed E-state index contributed by atoms with van der Waals surface area (Å²) < 4.78 is 0. The third-order valence-corrected chi connectivity index (χ3v) is 2.71. The van der Waals surface area contributed by atoms with Gasteiger partial charge in [0.05, 0.1) is 5.97 Å². The zero-order valence-electron chi connectivity index (χ0n) is 5.99. The molecule has 3 nitrogen and oxygen atoms in total. The summed E-state index contributed by atoms with van der Waals surface area (Å²) in [7, 11) is 0. The van der Waals surface area contributed by atoms with Crippen molar-refractivity contribution in [3.63, 3.8) is 0 Å². The molecule has 0 aromatic rings. The normalized spacial score (nSPS) is 46.6. The molecule has 0 radical (unpaired) electrons. The van der Waals surface area contributed by atoms with Crippen molar-refractivity contribution < 1.29 is 15.0 Å². The van der Waals surface area contributed by atoms with Gasteiger partial charge in [0, 0.05) is 5.92 Å². The predicted octanol–water partition coefficient (Wildman–Crippen LogP) is -0.937. The second-order valence-corrected chi connectivity index (χ2v) is 3.40. The lowest BCUT2D eigenvalue weighted by atomic mass is 9.89. The van der Waals surface area contributed by atoms with Crippen LogP contribution in [-0.2, 0) is 4.79 Å². The van der Waals surface area contributed by atoms with Crippen molar-refractivity contribution in [2.75, 3.05) is 0 Å². The summed E-state index contributed by atoms with van der Waals surface area (Å²) in [4.78, 5) is 10.5. The van der Waals surface area contributed by atoms with E-state index in [0.717, 1.165) is 6.42 Å². The van der Waals surface area contributed by atoms with Crippen molar-refractivity contribution in [2.24, 2.45) is 11.8 Å². The summed E-state index contributed by atoms with van der Waals surface area (Å²) in [6, 6.07) is 0. The third kappa shape index (κ3) is 0.744. The molecule has 1 N–H and O–H groups in total. The Morgan fingerprint density at radius 1 is 1.64 bits per heavy atom. The van der Waals surface area contributed by atoms with Crippen LogP contribution in [0.2, 0.25) is 0 Å². The van der Waals surface area contributed by atoms with Crippen molar-refractivity contribution >= 4 is 5.97 Å². The molecule has 0 spiro atoms. The Morgan fingerprint density at radius 2 is 2.36 bits per heavy atom. The predicted molar refractivity (Wildman–Crippen MR) is 35.3 cm³/mol. The van der Waals surface area contributed by atoms with Gasteiger partial charge >= 0.3 is 0 Å². The van der Waals surface area contributed by atoms with Gasteiger partial charge in [-0.2, -0.15) is 0 Å². The molecule has 0 amide bonds. The van der Waals surface area contributed by atoms with Crippen LogP contribution in [-0.4, -0.2) is 16.7 Å². The monoisotopic (exact) mass is 153 g/mol. The van der Waals surface area contributed by atoms with E-state index in [0.29, 0.717) is 6.42 Å². The molecule has 0 unspecified atom stereocenters. The third-order valence-electron chi connectivity index (χ3n) is 2.71. The average Bonchev–Trinajstić information content (AvgIpc) is 2.45. The van der Waals surface area contributed by atoms with Crippen LogP contribution in [0.25, 0.3) is 0 Å². The number of carboxylic acid groups (broad SMARTS) is 1. The van der Waals surface area contributed by atoms with Crippen LogP contribution in [0.4, 0.5) is 0 Å². The summed E-state index contributed by atoms with van der Waals surface area (Å²) in [5.74, 6) is -1.28. The molecule has 2 bridgehead atoms. The molecule has 2 aliphatic carbocycles. The van der Waals surface area contributed by atoms with Crippen molar-refractivity contribution in [3.05, 3.63) is 12.2 Å². The van der Waals surface area contributed by atoms with Crippen LogP contribution in [0, 0.1) is 11.8 Å². The summed E-state index contributed by atoms with van der Waals surface area (Å²) in [6.07, 6.45) is 4.85. The number of hydrogen-bond donors (Lipinski definition) is 1. The van der Waals surface area contributed by atoms with Crippen LogP contribution in [0.5, 0.6) is 0 Å². The lowest BCUT2D eigenvalue weighted by Gasteiger charge is -2.30. The first-order valence-corrected chi connectivity index (χ1v) is 3.75. The van der Waals surface area contributed by atoms with Gasteiger partial charge in [-0.25, -0.2) is 0 Å². The number of rotatable bonds is 1. The minimum absolute atomic E-state index is 0.211. The van der Waals surface area contributed by atoms with E-state index >= 15 is 0 Å². The molecule has 0 heterocycles. The molecule has 3 atom stereocenters. The fourth-order valence-corrected chi connectivity index (χ4v) is 2.07. The molecule has 11 heavy (non-hydrogen) atoms. The highest BCUT2D eigenvalue weighted by Crippen LogP contribution is 2.45. The van der Waals surface area contributed by atoms with E-state index in [1.807, 2.05) is 6.08 Å². The highest BCUT2D eigenvalue weighted by Gasteiger charge is 2.48. The van der Waals surface area contributed by atoms with E-state index in [1.54, 1.807) is 6.08 Å². The Labute approximate surface area is 64.3 Å². The zero-order chi connectivity index (χ0) is 8.06. The van der Waals surface area contributed by atoms with Crippen molar-refractivity contribution in [1.82, 2.24) is 0 Å². The van der Waals surface area contributed by atoms with Gasteiger partial charge in [-0.15, -0.1) is 0 Å². The molecule has 1 saturated carbocycles. The highest BCUT2D eigenvalue weighted by molar-refractivity contribution is 5.77. The number of aliphatic hydroxyl groups is 1. The molecule has 2 aliphatic rings. The van der Waals surface area contributed by atoms with Crippen LogP contribution < -0.4 is 5.11 Å². The van der Waals surface area contributed by atoms with Crippen LogP contribution in [0.3, 0.4) is 0 Å². The van der Waals surface area contributed by atoms with E-state index in [4.69, 9.17) is 0 Å². The summed E-state index contributed by atoms with van der Waals surface area (Å²) in [5, 5.41) is 20.1. The maximum absolute atomic E-state index is 10.5. The number of aliphatic carboxylic acids is 1. The zero-order valence-corrected chi connectivity index (χ0v) is 5.99. The molecule has 60 valence electrons. The topological polar surface area (TPSA) is 60.4 Å². The second kappa shape index (κ2) is 1.85. The van der Waals surface area contributed by atoms with Gasteiger partial charge in [-0.3, -0.25) is 0 Å².